The Morgan fingerprint density at radius 1 is 1.28 bits per heavy atom. The number of hydrogen-bond donors (Lipinski definition) is 2. The quantitative estimate of drug-likeness (QED) is 0.813. The largest absolute Gasteiger partial charge is 0.372 e. The van der Waals surface area contributed by atoms with E-state index in [1.807, 2.05) is 12.1 Å². The Bertz CT molecular complexity index is 1090. The number of allylic oxidation sites excluding steroid dienone is 1. The molecular weight excluding hydrogens is 374 g/mol. The van der Waals surface area contributed by atoms with Gasteiger partial charge in [-0.3, -0.25) is 4.99 Å². The first-order chi connectivity index (χ1) is 13.8. The van der Waals surface area contributed by atoms with Crippen molar-refractivity contribution in [2.45, 2.75) is 44.4 Å². The van der Waals surface area contributed by atoms with E-state index in [-0.39, 0.29) is 12.4 Å². The standard InChI is InChI=1S/C21H22F2N6/c1-9-21(2,8-15(22)23)18-14(26-9)5-4-13(27-18)12-7-10-6-11(10)17-16(12)19(25-3)29-20(24)28-17/h4-5,7,10-11,15H,6,8H2,1-3H3,(H3,24,25,28,29)/t10-,11?,21-/m0/s1. The van der Waals surface area contributed by atoms with Crippen molar-refractivity contribution in [2.75, 3.05) is 18.1 Å². The van der Waals surface area contributed by atoms with Gasteiger partial charge in [-0.2, -0.15) is 4.98 Å². The summed E-state index contributed by atoms with van der Waals surface area (Å²) in [7, 11) is 1.80. The lowest BCUT2D eigenvalue weighted by Crippen LogP contribution is -2.31. The van der Waals surface area contributed by atoms with Crippen LogP contribution in [0.1, 0.15) is 55.3 Å². The van der Waals surface area contributed by atoms with Crippen molar-refractivity contribution in [1.29, 1.82) is 0 Å². The zero-order valence-electron chi connectivity index (χ0n) is 16.5. The van der Waals surface area contributed by atoms with Gasteiger partial charge in [0, 0.05) is 36.2 Å². The summed E-state index contributed by atoms with van der Waals surface area (Å²) in [5.74, 6) is 1.66. The van der Waals surface area contributed by atoms with E-state index in [1.54, 1.807) is 20.9 Å². The number of halogens is 2. The first-order valence-corrected chi connectivity index (χ1v) is 9.75. The summed E-state index contributed by atoms with van der Waals surface area (Å²) in [5, 5.41) is 3.11. The fraction of sp³-hybridized carbons (Fsp3) is 0.429. The molecule has 3 atom stereocenters. The summed E-state index contributed by atoms with van der Waals surface area (Å²) in [5.41, 5.74) is 10.5. The molecule has 0 bridgehead atoms. The van der Waals surface area contributed by atoms with Crippen molar-refractivity contribution in [3.63, 3.8) is 0 Å². The van der Waals surface area contributed by atoms with E-state index in [1.165, 1.54) is 0 Å². The fourth-order valence-electron chi connectivity index (χ4n) is 4.56. The molecule has 0 radical (unpaired) electrons. The average Bonchev–Trinajstić information content (AvgIpc) is 3.41. The number of aromatic nitrogens is 3. The van der Waals surface area contributed by atoms with Gasteiger partial charge in [0.05, 0.1) is 28.2 Å². The molecule has 8 heteroatoms. The van der Waals surface area contributed by atoms with E-state index in [9.17, 15) is 8.78 Å². The van der Waals surface area contributed by atoms with Crippen molar-refractivity contribution in [1.82, 2.24) is 15.0 Å². The van der Waals surface area contributed by atoms with Crippen LogP contribution in [0.25, 0.3) is 5.57 Å². The van der Waals surface area contributed by atoms with Crippen LogP contribution in [-0.2, 0) is 5.41 Å². The maximum Gasteiger partial charge on any atom is 0.239 e. The number of nitrogen functional groups attached to an aromatic ring is 1. The molecule has 2 aromatic heterocycles. The molecule has 5 rings (SSSR count). The molecule has 1 saturated carbocycles. The lowest BCUT2D eigenvalue weighted by atomic mass is 9.80. The first-order valence-electron chi connectivity index (χ1n) is 9.75. The van der Waals surface area contributed by atoms with Crippen molar-refractivity contribution in [3.05, 3.63) is 40.9 Å². The molecule has 2 aliphatic carbocycles. The Morgan fingerprint density at radius 2 is 2.07 bits per heavy atom. The molecule has 6 nitrogen and oxygen atoms in total. The van der Waals surface area contributed by atoms with E-state index in [2.05, 4.69) is 26.4 Å². The average molecular weight is 396 g/mol. The van der Waals surface area contributed by atoms with E-state index < -0.39 is 11.8 Å². The third-order valence-electron chi connectivity index (χ3n) is 6.35. The second-order valence-electron chi connectivity index (χ2n) is 8.22. The summed E-state index contributed by atoms with van der Waals surface area (Å²) < 4.78 is 26.6. The Morgan fingerprint density at radius 3 is 2.79 bits per heavy atom. The number of fused-ring (bicyclic) bond motifs is 4. The van der Waals surface area contributed by atoms with Gasteiger partial charge in [0.25, 0.3) is 0 Å². The van der Waals surface area contributed by atoms with Gasteiger partial charge in [0.1, 0.15) is 5.82 Å². The van der Waals surface area contributed by atoms with Crippen LogP contribution in [0.4, 0.5) is 26.2 Å². The Kier molecular flexibility index (Phi) is 3.78. The van der Waals surface area contributed by atoms with Gasteiger partial charge < -0.3 is 11.1 Å². The van der Waals surface area contributed by atoms with Gasteiger partial charge in [-0.25, -0.2) is 18.7 Å². The molecule has 1 fully saturated rings. The molecule has 3 aliphatic rings. The van der Waals surface area contributed by atoms with Crippen LogP contribution in [0.5, 0.6) is 0 Å². The fourth-order valence-corrected chi connectivity index (χ4v) is 4.56. The number of aliphatic imine (C=N–C) groups is 1. The first kappa shape index (κ1) is 18.1. The lowest BCUT2D eigenvalue weighted by molar-refractivity contribution is 0.121. The highest BCUT2D eigenvalue weighted by molar-refractivity contribution is 5.99. The molecule has 1 aliphatic heterocycles. The van der Waals surface area contributed by atoms with E-state index in [4.69, 9.17) is 10.7 Å². The van der Waals surface area contributed by atoms with Crippen molar-refractivity contribution in [2.24, 2.45) is 10.9 Å². The number of nitrogens with zero attached hydrogens (tertiary/aromatic N) is 4. The van der Waals surface area contributed by atoms with Gasteiger partial charge >= 0.3 is 0 Å². The number of nitrogens with one attached hydrogen (secondary N) is 1. The van der Waals surface area contributed by atoms with E-state index >= 15 is 0 Å². The van der Waals surface area contributed by atoms with Crippen LogP contribution < -0.4 is 11.1 Å². The number of nitrogens with two attached hydrogens (primary N) is 1. The summed E-state index contributed by atoms with van der Waals surface area (Å²) in [6.45, 7) is 3.59. The molecule has 3 heterocycles. The zero-order chi connectivity index (χ0) is 20.5. The lowest BCUT2D eigenvalue weighted by Gasteiger charge is -2.26. The molecule has 150 valence electrons. The van der Waals surface area contributed by atoms with Crippen LogP contribution in [0, 0.1) is 5.92 Å². The molecule has 0 spiro atoms. The zero-order valence-corrected chi connectivity index (χ0v) is 16.5. The van der Waals surface area contributed by atoms with Crippen molar-refractivity contribution in [3.8, 4) is 0 Å². The second kappa shape index (κ2) is 6.05. The van der Waals surface area contributed by atoms with Crippen molar-refractivity contribution >= 4 is 28.7 Å². The monoisotopic (exact) mass is 396 g/mol. The highest BCUT2D eigenvalue weighted by Gasteiger charge is 2.46. The van der Waals surface area contributed by atoms with Crippen LogP contribution >= 0.6 is 0 Å². The summed E-state index contributed by atoms with van der Waals surface area (Å²) in [4.78, 5) is 18.2. The Labute approximate surface area is 167 Å². The molecule has 29 heavy (non-hydrogen) atoms. The van der Waals surface area contributed by atoms with Gasteiger partial charge in [-0.15, -0.1) is 0 Å². The minimum atomic E-state index is -2.43. The van der Waals surface area contributed by atoms with Gasteiger partial charge in [0.15, 0.2) is 0 Å². The van der Waals surface area contributed by atoms with Gasteiger partial charge in [-0.05, 0) is 38.3 Å². The SMILES string of the molecule is CNc1nc(N)nc2c1C(c1ccc3c(n1)[C@@](C)(CC(F)F)C(C)=N3)=C[C@@H]1CC21. The summed E-state index contributed by atoms with van der Waals surface area (Å²) in [6, 6.07) is 3.77. The predicted molar refractivity (Wildman–Crippen MR) is 109 cm³/mol. The molecule has 3 N–H and O–H groups in total. The smallest absolute Gasteiger partial charge is 0.239 e. The number of anilines is 2. The topological polar surface area (TPSA) is 89.1 Å². The Balaban J connectivity index is 1.65. The molecule has 2 aromatic rings. The highest BCUT2D eigenvalue weighted by atomic mass is 19.3. The van der Waals surface area contributed by atoms with Gasteiger partial charge in [-0.1, -0.05) is 6.08 Å². The van der Waals surface area contributed by atoms with Crippen LogP contribution in [0.3, 0.4) is 0 Å². The molecule has 0 aromatic carbocycles. The van der Waals surface area contributed by atoms with E-state index in [0.29, 0.717) is 34.7 Å². The number of rotatable bonds is 4. The minimum Gasteiger partial charge on any atom is -0.372 e. The summed E-state index contributed by atoms with van der Waals surface area (Å²) >= 11 is 0. The molecule has 0 saturated heterocycles. The van der Waals surface area contributed by atoms with E-state index in [0.717, 1.165) is 28.9 Å². The molecule has 1 unspecified atom stereocenters. The summed E-state index contributed by atoms with van der Waals surface area (Å²) in [6.07, 6.45) is 0.491. The number of alkyl halides is 2. The highest BCUT2D eigenvalue weighted by Crippen LogP contribution is 2.56. The molecule has 0 amide bonds. The number of pyridine rings is 1. The van der Waals surface area contributed by atoms with Crippen LogP contribution in [0.2, 0.25) is 0 Å². The van der Waals surface area contributed by atoms with Crippen LogP contribution in [0.15, 0.2) is 23.2 Å². The Hall–Kier alpha value is -2.90. The number of hydrogen-bond acceptors (Lipinski definition) is 6. The maximum absolute atomic E-state index is 13.3. The minimum absolute atomic E-state index is 0.246. The van der Waals surface area contributed by atoms with Crippen molar-refractivity contribution < 1.29 is 8.78 Å². The molecular formula is C21H22F2N6. The third kappa shape index (κ3) is 2.65. The predicted octanol–water partition coefficient (Wildman–Crippen LogP) is 4.06. The maximum atomic E-state index is 13.3. The van der Waals surface area contributed by atoms with Gasteiger partial charge in [0.2, 0.25) is 12.4 Å². The third-order valence-corrected chi connectivity index (χ3v) is 6.35. The second-order valence-corrected chi connectivity index (χ2v) is 8.22. The van der Waals surface area contributed by atoms with Crippen LogP contribution in [-0.4, -0.2) is 34.1 Å². The normalized spacial score (nSPS) is 26.4.